The number of amidine groups is 1. The number of nitrogens with two attached hydrogens (primary N) is 1. The Bertz CT molecular complexity index is 2790. The fourth-order valence-corrected chi connectivity index (χ4v) is 7.40. The standard InChI is InChI=1S/C48H38N6/c1-28-4-10-31(11-5-28)44-36-20-22-38(51-36)45(32-12-6-29(2)7-13-32)40-24-26-42(53-40)47(34-16-18-35(19-17-34)48(49)50)43-27-25-41(54-43)46(39-23-21-37(44)52-39)33-14-8-30(3)9-15-33/h4-27,51,54H,1-3H3,(H3,49,50). The quantitative estimate of drug-likeness (QED) is 0.106. The van der Waals surface area contributed by atoms with Gasteiger partial charge in [-0.3, -0.25) is 5.41 Å². The monoisotopic (exact) mass is 698 g/mol. The molecule has 6 nitrogen and oxygen atoms in total. The lowest BCUT2D eigenvalue weighted by atomic mass is 10.0. The molecule has 0 saturated carbocycles. The summed E-state index contributed by atoms with van der Waals surface area (Å²) in [5.74, 6) is 0.0322. The Labute approximate surface area is 314 Å². The van der Waals surface area contributed by atoms with E-state index in [2.05, 4.69) is 152 Å². The second-order valence-corrected chi connectivity index (χ2v) is 14.1. The van der Waals surface area contributed by atoms with Crippen LogP contribution in [0.3, 0.4) is 0 Å². The van der Waals surface area contributed by atoms with Crippen molar-refractivity contribution in [2.75, 3.05) is 0 Å². The molecule has 0 atom stereocenters. The van der Waals surface area contributed by atoms with Gasteiger partial charge in [-0.05, 0) is 91.6 Å². The van der Waals surface area contributed by atoms with Crippen molar-refractivity contribution in [2.45, 2.75) is 20.8 Å². The van der Waals surface area contributed by atoms with Gasteiger partial charge in [0.25, 0.3) is 0 Å². The molecule has 54 heavy (non-hydrogen) atoms. The summed E-state index contributed by atoms with van der Waals surface area (Å²) in [6.45, 7) is 6.32. The zero-order chi connectivity index (χ0) is 36.9. The Kier molecular flexibility index (Phi) is 8.01. The zero-order valence-electron chi connectivity index (χ0n) is 30.3. The van der Waals surface area contributed by atoms with Gasteiger partial charge in [-0.25, -0.2) is 9.97 Å². The van der Waals surface area contributed by atoms with Gasteiger partial charge in [-0.2, -0.15) is 0 Å². The number of fused-ring (bicyclic) bond motifs is 8. The van der Waals surface area contributed by atoms with Gasteiger partial charge in [0.15, 0.2) is 0 Å². The van der Waals surface area contributed by atoms with Crippen LogP contribution in [0.1, 0.15) is 45.0 Å². The molecule has 5 heterocycles. The molecular formula is C48H38N6. The summed E-state index contributed by atoms with van der Waals surface area (Å²) in [5.41, 5.74) is 25.5. The first-order valence-electron chi connectivity index (χ1n) is 18.1. The first-order chi connectivity index (χ1) is 26.3. The molecule has 0 fully saturated rings. The lowest BCUT2D eigenvalue weighted by Crippen LogP contribution is -2.10. The molecule has 0 amide bonds. The maximum absolute atomic E-state index is 7.99. The van der Waals surface area contributed by atoms with E-state index in [-0.39, 0.29) is 5.84 Å². The second-order valence-electron chi connectivity index (χ2n) is 14.1. The molecule has 0 spiro atoms. The molecule has 0 radical (unpaired) electrons. The van der Waals surface area contributed by atoms with Crippen LogP contribution < -0.4 is 5.73 Å². The minimum atomic E-state index is 0.0322. The molecule has 4 aromatic carbocycles. The Morgan fingerprint density at radius 1 is 0.407 bits per heavy atom. The van der Waals surface area contributed by atoms with Crippen LogP contribution in [0.25, 0.3) is 90.9 Å². The number of nitrogens with zero attached hydrogens (tertiary/aromatic N) is 2. The van der Waals surface area contributed by atoms with Gasteiger partial charge in [0, 0.05) is 49.9 Å². The molecule has 6 heteroatoms. The van der Waals surface area contributed by atoms with Crippen LogP contribution in [-0.4, -0.2) is 25.8 Å². The van der Waals surface area contributed by atoms with Gasteiger partial charge in [0.05, 0.1) is 22.8 Å². The number of benzene rings is 4. The molecule has 2 aliphatic rings. The molecule has 8 bridgehead atoms. The Morgan fingerprint density at radius 3 is 0.926 bits per heavy atom. The van der Waals surface area contributed by atoms with E-state index in [1.54, 1.807) is 0 Å². The van der Waals surface area contributed by atoms with Crippen LogP contribution in [0.2, 0.25) is 0 Å². The van der Waals surface area contributed by atoms with Gasteiger partial charge in [-0.1, -0.05) is 114 Å². The highest BCUT2D eigenvalue weighted by Crippen LogP contribution is 2.38. The van der Waals surface area contributed by atoms with E-state index in [0.717, 1.165) is 89.4 Å². The van der Waals surface area contributed by atoms with Crippen LogP contribution in [-0.2, 0) is 0 Å². The molecule has 2 aliphatic heterocycles. The van der Waals surface area contributed by atoms with Crippen molar-refractivity contribution in [3.63, 3.8) is 0 Å². The van der Waals surface area contributed by atoms with Gasteiger partial charge >= 0.3 is 0 Å². The summed E-state index contributed by atoms with van der Waals surface area (Å²) in [6, 6.07) is 42.3. The highest BCUT2D eigenvalue weighted by Gasteiger charge is 2.19. The van der Waals surface area contributed by atoms with E-state index in [0.29, 0.717) is 5.56 Å². The molecule has 0 saturated heterocycles. The first-order valence-corrected chi connectivity index (χ1v) is 18.1. The number of nitrogen functional groups attached to an aromatic ring is 1. The van der Waals surface area contributed by atoms with Gasteiger partial charge in [0.1, 0.15) is 5.84 Å². The fourth-order valence-electron chi connectivity index (χ4n) is 7.40. The van der Waals surface area contributed by atoms with Crippen LogP contribution in [0.15, 0.2) is 121 Å². The van der Waals surface area contributed by atoms with E-state index >= 15 is 0 Å². The summed E-state index contributed by atoms with van der Waals surface area (Å²) in [6.07, 6.45) is 8.46. The maximum atomic E-state index is 7.99. The number of aromatic nitrogens is 4. The summed E-state index contributed by atoms with van der Waals surface area (Å²) in [4.78, 5) is 18.4. The molecule has 0 aliphatic carbocycles. The molecule has 7 aromatic rings. The minimum Gasteiger partial charge on any atom is -0.384 e. The second kappa shape index (κ2) is 13.2. The fraction of sp³-hybridized carbons (Fsp3) is 0.0625. The highest BCUT2D eigenvalue weighted by atomic mass is 14.8. The largest absolute Gasteiger partial charge is 0.384 e. The number of hydrogen-bond donors (Lipinski definition) is 4. The van der Waals surface area contributed by atoms with Crippen molar-refractivity contribution in [3.8, 4) is 44.5 Å². The van der Waals surface area contributed by atoms with Crippen molar-refractivity contribution >= 4 is 52.2 Å². The van der Waals surface area contributed by atoms with Crippen LogP contribution in [0, 0.1) is 26.2 Å². The normalized spacial score (nSPS) is 12.0. The topological polar surface area (TPSA) is 107 Å². The number of hydrogen-bond acceptors (Lipinski definition) is 3. The lowest BCUT2D eigenvalue weighted by Gasteiger charge is -2.08. The number of H-pyrrole nitrogens is 2. The third-order valence-electron chi connectivity index (χ3n) is 10.3. The van der Waals surface area contributed by atoms with E-state index in [9.17, 15) is 0 Å². The predicted octanol–water partition coefficient (Wildman–Crippen LogP) is 11.5. The Morgan fingerprint density at radius 2 is 0.667 bits per heavy atom. The number of rotatable bonds is 5. The molecular weight excluding hydrogens is 661 g/mol. The molecule has 0 unspecified atom stereocenters. The Balaban J connectivity index is 1.45. The van der Waals surface area contributed by atoms with Crippen molar-refractivity contribution in [3.05, 3.63) is 166 Å². The maximum Gasteiger partial charge on any atom is 0.122 e. The number of aryl methyl sites for hydroxylation is 3. The number of nitrogens with one attached hydrogen (secondary N) is 3. The summed E-state index contributed by atoms with van der Waals surface area (Å²) < 4.78 is 0. The Hall–Kier alpha value is -7.05. The lowest BCUT2D eigenvalue weighted by molar-refractivity contribution is 1.31. The molecule has 260 valence electrons. The first kappa shape index (κ1) is 32.8. The molecule has 3 aromatic heterocycles. The van der Waals surface area contributed by atoms with E-state index in [1.807, 2.05) is 24.3 Å². The van der Waals surface area contributed by atoms with Crippen LogP contribution in [0.4, 0.5) is 0 Å². The van der Waals surface area contributed by atoms with Crippen LogP contribution >= 0.6 is 0 Å². The zero-order valence-corrected chi connectivity index (χ0v) is 30.3. The van der Waals surface area contributed by atoms with E-state index in [1.165, 1.54) is 16.7 Å². The predicted molar refractivity (Wildman–Crippen MR) is 226 cm³/mol. The van der Waals surface area contributed by atoms with Gasteiger partial charge in [0.2, 0.25) is 0 Å². The highest BCUT2D eigenvalue weighted by molar-refractivity contribution is 6.00. The summed E-state index contributed by atoms with van der Waals surface area (Å²) >= 11 is 0. The van der Waals surface area contributed by atoms with Crippen molar-refractivity contribution in [1.82, 2.24) is 19.9 Å². The van der Waals surface area contributed by atoms with Gasteiger partial charge in [-0.15, -0.1) is 0 Å². The minimum absolute atomic E-state index is 0.0322. The van der Waals surface area contributed by atoms with E-state index < -0.39 is 0 Å². The van der Waals surface area contributed by atoms with Crippen LogP contribution in [0.5, 0.6) is 0 Å². The number of aromatic amines is 2. The van der Waals surface area contributed by atoms with Crippen molar-refractivity contribution in [2.24, 2.45) is 5.73 Å². The molecule has 9 rings (SSSR count). The van der Waals surface area contributed by atoms with E-state index in [4.69, 9.17) is 21.1 Å². The average Bonchev–Trinajstić information content (AvgIpc) is 4.02. The third-order valence-corrected chi connectivity index (χ3v) is 10.3. The van der Waals surface area contributed by atoms with Gasteiger partial charge < -0.3 is 15.7 Å². The SMILES string of the molecule is Cc1ccc(-c2c3nc(c(-c4ccc(C)cc4)c4ccc([nH]4)c(-c4ccc(C(=N)N)cc4)c4nc(c(-c5ccc(C)cc5)c5ccc2[nH]5)C=C4)C=C3)cc1. The summed E-state index contributed by atoms with van der Waals surface area (Å²) in [7, 11) is 0. The smallest absolute Gasteiger partial charge is 0.122 e. The average molecular weight is 699 g/mol. The summed E-state index contributed by atoms with van der Waals surface area (Å²) in [5, 5.41) is 7.99. The third kappa shape index (κ3) is 5.94. The molecule has 5 N–H and O–H groups in total. The van der Waals surface area contributed by atoms with Crippen molar-refractivity contribution in [1.29, 1.82) is 5.41 Å². The van der Waals surface area contributed by atoms with Crippen molar-refractivity contribution < 1.29 is 0 Å².